The highest BCUT2D eigenvalue weighted by Gasteiger charge is 2.21. The van der Waals surface area contributed by atoms with Gasteiger partial charge in [0.15, 0.2) is 11.5 Å². The molecule has 0 radical (unpaired) electrons. The lowest BCUT2D eigenvalue weighted by Crippen LogP contribution is -2.34. The number of hydrogen-bond donors (Lipinski definition) is 2. The number of hydrogen-bond acceptors (Lipinski definition) is 6. The van der Waals surface area contributed by atoms with Crippen molar-refractivity contribution in [1.82, 2.24) is 10.2 Å². The van der Waals surface area contributed by atoms with Crippen molar-refractivity contribution in [3.05, 3.63) is 17.7 Å². The molecular weight excluding hydrogens is 348 g/mol. The van der Waals surface area contributed by atoms with E-state index < -0.39 is 0 Å². The molecule has 1 heterocycles. The summed E-state index contributed by atoms with van der Waals surface area (Å²) < 4.78 is 15.4. The number of amides is 1. The maximum atomic E-state index is 11.8. The van der Waals surface area contributed by atoms with Crippen LogP contribution in [0.2, 0.25) is 0 Å². The molecule has 1 amide bonds. The van der Waals surface area contributed by atoms with Crippen LogP contribution in [0.25, 0.3) is 0 Å². The molecule has 2 rings (SSSR count). The van der Waals surface area contributed by atoms with Crippen molar-refractivity contribution in [2.45, 2.75) is 32.2 Å². The Morgan fingerprint density at radius 2 is 1.81 bits per heavy atom. The maximum Gasteiger partial charge on any atom is 0.220 e. The number of rotatable bonds is 10. The van der Waals surface area contributed by atoms with Crippen LogP contribution in [0.15, 0.2) is 12.1 Å². The minimum absolute atomic E-state index is 0.0336. The molecule has 0 aliphatic carbocycles. The summed E-state index contributed by atoms with van der Waals surface area (Å²) in [7, 11) is 4.70. The van der Waals surface area contributed by atoms with E-state index in [9.17, 15) is 9.90 Å². The van der Waals surface area contributed by atoms with Gasteiger partial charge in [-0.3, -0.25) is 9.69 Å². The van der Waals surface area contributed by atoms with Gasteiger partial charge in [-0.25, -0.2) is 0 Å². The lowest BCUT2D eigenvalue weighted by atomic mass is 9.92. The minimum Gasteiger partial charge on any atom is -0.502 e. The first kappa shape index (κ1) is 21.3. The summed E-state index contributed by atoms with van der Waals surface area (Å²) in [4.78, 5) is 14.2. The summed E-state index contributed by atoms with van der Waals surface area (Å²) in [5.41, 5.74) is 1.05. The number of ether oxygens (including phenoxy) is 3. The summed E-state index contributed by atoms with van der Waals surface area (Å²) in [6.07, 6.45) is 3.71. The standard InChI is InChI=1S/C20H32N2O5/c1-25-11-8-21-19(23)5-4-15-6-9-22(10-7-15)14-16-12-17(26-2)20(24)18(13-16)27-3/h12-13,15,24H,4-11,14H2,1-3H3,(H,21,23). The lowest BCUT2D eigenvalue weighted by Gasteiger charge is -2.32. The fourth-order valence-corrected chi connectivity index (χ4v) is 3.45. The number of phenols is 1. The fraction of sp³-hybridized carbons (Fsp3) is 0.650. The van der Waals surface area contributed by atoms with Crippen LogP contribution in [0.4, 0.5) is 0 Å². The summed E-state index contributed by atoms with van der Waals surface area (Å²) in [6, 6.07) is 3.71. The minimum atomic E-state index is 0.0336. The van der Waals surface area contributed by atoms with Gasteiger partial charge in [0.25, 0.3) is 0 Å². The van der Waals surface area contributed by atoms with Crippen LogP contribution in [-0.2, 0) is 16.1 Å². The molecule has 1 aliphatic rings. The average Bonchev–Trinajstić information content (AvgIpc) is 2.68. The predicted molar refractivity (Wildman–Crippen MR) is 103 cm³/mol. The Bertz CT molecular complexity index is 575. The van der Waals surface area contributed by atoms with Crippen molar-refractivity contribution in [3.63, 3.8) is 0 Å². The molecule has 1 aromatic rings. The largest absolute Gasteiger partial charge is 0.502 e. The van der Waals surface area contributed by atoms with Gasteiger partial charge in [0.2, 0.25) is 11.7 Å². The molecule has 0 atom stereocenters. The SMILES string of the molecule is COCCNC(=O)CCC1CCN(Cc2cc(OC)c(O)c(OC)c2)CC1. The number of phenolic OH excluding ortho intramolecular Hbond substituents is 1. The molecule has 0 spiro atoms. The van der Waals surface area contributed by atoms with Crippen molar-refractivity contribution in [2.24, 2.45) is 5.92 Å². The second kappa shape index (κ2) is 11.0. The smallest absolute Gasteiger partial charge is 0.220 e. The third-order valence-corrected chi connectivity index (χ3v) is 5.06. The monoisotopic (exact) mass is 380 g/mol. The molecule has 27 heavy (non-hydrogen) atoms. The van der Waals surface area contributed by atoms with E-state index in [0.29, 0.717) is 37.0 Å². The Balaban J connectivity index is 1.77. The van der Waals surface area contributed by atoms with Gasteiger partial charge in [0, 0.05) is 26.6 Å². The molecular formula is C20H32N2O5. The van der Waals surface area contributed by atoms with Crippen LogP contribution < -0.4 is 14.8 Å². The summed E-state index contributed by atoms with van der Waals surface area (Å²) in [5, 5.41) is 12.9. The van der Waals surface area contributed by atoms with Gasteiger partial charge in [-0.1, -0.05) is 0 Å². The van der Waals surface area contributed by atoms with Gasteiger partial charge in [-0.05, 0) is 56.0 Å². The highest BCUT2D eigenvalue weighted by atomic mass is 16.5. The average molecular weight is 380 g/mol. The van der Waals surface area contributed by atoms with E-state index in [0.717, 1.165) is 44.5 Å². The van der Waals surface area contributed by atoms with Crippen molar-refractivity contribution < 1.29 is 24.1 Å². The van der Waals surface area contributed by atoms with E-state index in [1.807, 2.05) is 12.1 Å². The lowest BCUT2D eigenvalue weighted by molar-refractivity contribution is -0.121. The Hall–Kier alpha value is -1.99. The zero-order chi connectivity index (χ0) is 19.6. The van der Waals surface area contributed by atoms with E-state index >= 15 is 0 Å². The summed E-state index contributed by atoms with van der Waals surface area (Å²) >= 11 is 0. The van der Waals surface area contributed by atoms with Crippen LogP contribution in [0, 0.1) is 5.92 Å². The van der Waals surface area contributed by atoms with Crippen LogP contribution in [0.5, 0.6) is 17.2 Å². The first-order valence-electron chi connectivity index (χ1n) is 9.49. The third kappa shape index (κ3) is 6.59. The fourth-order valence-electron chi connectivity index (χ4n) is 3.45. The zero-order valence-corrected chi connectivity index (χ0v) is 16.6. The van der Waals surface area contributed by atoms with Gasteiger partial charge in [0.1, 0.15) is 0 Å². The second-order valence-corrected chi connectivity index (χ2v) is 6.95. The Labute approximate surface area is 161 Å². The molecule has 1 saturated heterocycles. The highest BCUT2D eigenvalue weighted by molar-refractivity contribution is 5.75. The highest BCUT2D eigenvalue weighted by Crippen LogP contribution is 2.37. The number of piperidine rings is 1. The molecule has 1 aliphatic heterocycles. The molecule has 1 aromatic carbocycles. The number of nitrogens with zero attached hydrogens (tertiary/aromatic N) is 1. The molecule has 0 saturated carbocycles. The van der Waals surface area contributed by atoms with Crippen molar-refractivity contribution in [1.29, 1.82) is 0 Å². The molecule has 0 aromatic heterocycles. The first-order chi connectivity index (χ1) is 13.1. The second-order valence-electron chi connectivity index (χ2n) is 6.95. The topological polar surface area (TPSA) is 80.3 Å². The molecule has 7 nitrogen and oxygen atoms in total. The first-order valence-corrected chi connectivity index (χ1v) is 9.49. The van der Waals surface area contributed by atoms with Crippen molar-refractivity contribution in [2.75, 3.05) is 47.6 Å². The van der Waals surface area contributed by atoms with Crippen LogP contribution >= 0.6 is 0 Å². The van der Waals surface area contributed by atoms with Crippen molar-refractivity contribution >= 4 is 5.91 Å². The van der Waals surface area contributed by atoms with Crippen LogP contribution in [-0.4, -0.2) is 63.5 Å². The van der Waals surface area contributed by atoms with Gasteiger partial charge in [-0.2, -0.15) is 0 Å². The molecule has 1 fully saturated rings. The van der Waals surface area contributed by atoms with Gasteiger partial charge in [-0.15, -0.1) is 0 Å². The Morgan fingerprint density at radius 1 is 1.19 bits per heavy atom. The Morgan fingerprint density at radius 3 is 2.37 bits per heavy atom. The normalized spacial score (nSPS) is 15.5. The van der Waals surface area contributed by atoms with E-state index in [2.05, 4.69) is 10.2 Å². The quantitative estimate of drug-likeness (QED) is 0.606. The molecule has 7 heteroatoms. The third-order valence-electron chi connectivity index (χ3n) is 5.06. The number of carbonyl (C=O) groups is 1. The number of methoxy groups -OCH3 is 3. The number of aromatic hydroxyl groups is 1. The summed E-state index contributed by atoms with van der Waals surface area (Å²) in [6.45, 7) is 3.92. The van der Waals surface area contributed by atoms with Crippen LogP contribution in [0.3, 0.4) is 0 Å². The predicted octanol–water partition coefficient (Wildman–Crippen LogP) is 2.16. The van der Waals surface area contributed by atoms with E-state index in [-0.39, 0.29) is 11.7 Å². The molecule has 0 unspecified atom stereocenters. The molecule has 0 bridgehead atoms. The molecule has 2 N–H and O–H groups in total. The van der Waals surface area contributed by atoms with E-state index in [1.165, 1.54) is 14.2 Å². The van der Waals surface area contributed by atoms with Crippen molar-refractivity contribution in [3.8, 4) is 17.2 Å². The number of likely N-dealkylation sites (tertiary alicyclic amines) is 1. The van der Waals surface area contributed by atoms with Gasteiger partial charge < -0.3 is 24.6 Å². The number of carbonyl (C=O) groups excluding carboxylic acids is 1. The van der Waals surface area contributed by atoms with E-state index in [1.54, 1.807) is 7.11 Å². The van der Waals surface area contributed by atoms with Gasteiger partial charge >= 0.3 is 0 Å². The van der Waals surface area contributed by atoms with Crippen LogP contribution in [0.1, 0.15) is 31.2 Å². The zero-order valence-electron chi connectivity index (χ0n) is 16.6. The van der Waals surface area contributed by atoms with E-state index in [4.69, 9.17) is 14.2 Å². The molecule has 152 valence electrons. The van der Waals surface area contributed by atoms with Gasteiger partial charge in [0.05, 0.1) is 20.8 Å². The number of benzene rings is 1. The summed E-state index contributed by atoms with van der Waals surface area (Å²) in [5.74, 6) is 1.60. The Kier molecular flexibility index (Phi) is 8.67. The number of nitrogens with one attached hydrogen (secondary N) is 1. The maximum absolute atomic E-state index is 11.8.